The zero-order valence-electron chi connectivity index (χ0n) is 17.2. The highest BCUT2D eigenvalue weighted by Gasteiger charge is 2.49. The lowest BCUT2D eigenvalue weighted by atomic mass is 9.91. The molecule has 1 fully saturated rings. The summed E-state index contributed by atoms with van der Waals surface area (Å²) in [5.41, 5.74) is 1.01. The van der Waals surface area contributed by atoms with Gasteiger partial charge in [0.25, 0.3) is 6.43 Å². The number of pyridine rings is 1. The van der Waals surface area contributed by atoms with Crippen LogP contribution in [0, 0.1) is 31.1 Å². The predicted octanol–water partition coefficient (Wildman–Crippen LogP) is 3.21. The quantitative estimate of drug-likeness (QED) is 0.709. The number of likely N-dealkylation sites (tertiary alicyclic amines) is 1. The van der Waals surface area contributed by atoms with Crippen LogP contribution in [0.2, 0.25) is 0 Å². The van der Waals surface area contributed by atoms with Crippen LogP contribution in [-0.2, 0) is 4.79 Å². The van der Waals surface area contributed by atoms with Gasteiger partial charge in [0.05, 0.1) is 29.4 Å². The molecular weight excluding hydrogens is 390 g/mol. The van der Waals surface area contributed by atoms with Crippen LogP contribution in [0.1, 0.15) is 54.5 Å². The van der Waals surface area contributed by atoms with Crippen molar-refractivity contribution in [2.24, 2.45) is 5.41 Å². The summed E-state index contributed by atoms with van der Waals surface area (Å²) in [6, 6.07) is -0.344. The molecule has 4 rings (SSSR count). The zero-order valence-corrected chi connectivity index (χ0v) is 17.2. The van der Waals surface area contributed by atoms with E-state index >= 15 is 0 Å². The Morgan fingerprint density at radius 2 is 1.97 bits per heavy atom. The molecule has 0 spiro atoms. The largest absolute Gasteiger partial charge is 0.487 e. The van der Waals surface area contributed by atoms with E-state index in [9.17, 15) is 13.6 Å². The molecule has 156 valence electrons. The number of aromatic nitrogens is 3. The van der Waals surface area contributed by atoms with Gasteiger partial charge >= 0.3 is 0 Å². The van der Waals surface area contributed by atoms with Crippen molar-refractivity contribution in [1.29, 1.82) is 0 Å². The first-order chi connectivity index (χ1) is 14.2. The molecule has 0 radical (unpaired) electrons. The Hall–Kier alpha value is -3.08. The number of fused-ring (bicyclic) bond motifs is 4. The molecule has 0 saturated carbocycles. The summed E-state index contributed by atoms with van der Waals surface area (Å²) in [4.78, 5) is 27.1. The van der Waals surface area contributed by atoms with Crippen molar-refractivity contribution in [3.63, 3.8) is 0 Å². The summed E-state index contributed by atoms with van der Waals surface area (Å²) in [5, 5.41) is 0. The van der Waals surface area contributed by atoms with E-state index in [1.807, 2.05) is 13.8 Å². The van der Waals surface area contributed by atoms with Crippen molar-refractivity contribution < 1.29 is 18.3 Å². The number of halogens is 2. The summed E-state index contributed by atoms with van der Waals surface area (Å²) in [6.45, 7) is 6.49. The van der Waals surface area contributed by atoms with Crippen molar-refractivity contribution in [3.8, 4) is 17.6 Å². The van der Waals surface area contributed by atoms with E-state index in [1.165, 1.54) is 18.7 Å². The summed E-state index contributed by atoms with van der Waals surface area (Å²) < 4.78 is 32.9. The zero-order chi connectivity index (χ0) is 21.6. The van der Waals surface area contributed by atoms with Crippen molar-refractivity contribution >= 4 is 5.91 Å². The third-order valence-corrected chi connectivity index (χ3v) is 5.62. The molecule has 0 N–H and O–H groups in total. The van der Waals surface area contributed by atoms with Crippen LogP contribution in [0.25, 0.3) is 0 Å². The van der Waals surface area contributed by atoms with Gasteiger partial charge in [-0.15, -0.1) is 0 Å². The van der Waals surface area contributed by atoms with Gasteiger partial charge in [-0.2, -0.15) is 0 Å². The molecule has 2 aliphatic rings. The maximum Gasteiger partial charge on any atom is 0.252 e. The van der Waals surface area contributed by atoms with Crippen LogP contribution in [0.4, 0.5) is 8.78 Å². The van der Waals surface area contributed by atoms with Crippen molar-refractivity contribution in [2.45, 2.75) is 52.7 Å². The van der Waals surface area contributed by atoms with Gasteiger partial charge in [0.15, 0.2) is 0 Å². The topological polar surface area (TPSA) is 68.2 Å². The fourth-order valence-corrected chi connectivity index (χ4v) is 3.80. The summed E-state index contributed by atoms with van der Waals surface area (Å²) in [6.07, 6.45) is 2.46. The summed E-state index contributed by atoms with van der Waals surface area (Å²) >= 11 is 0. The number of rotatable bonds is 2. The minimum Gasteiger partial charge on any atom is -0.487 e. The SMILES string of the molecule is Cc1ncc(C#Cc2cncc3c2O[C@H]2C[C@@H]3N(C(=O)C(C)(C)C(F)F)C2)c(C)n1. The molecule has 0 unspecified atom stereocenters. The Labute approximate surface area is 173 Å². The number of hydrogen-bond donors (Lipinski definition) is 0. The molecular formula is C22H22F2N4O2. The average Bonchev–Trinajstić information content (AvgIpc) is 3.04. The van der Waals surface area contributed by atoms with Crippen molar-refractivity contribution in [3.05, 3.63) is 46.8 Å². The second-order valence-corrected chi connectivity index (χ2v) is 8.24. The molecule has 2 bridgehead atoms. The monoisotopic (exact) mass is 412 g/mol. The minimum atomic E-state index is -2.75. The average molecular weight is 412 g/mol. The van der Waals surface area contributed by atoms with E-state index < -0.39 is 17.7 Å². The number of ether oxygens (including phenoxy) is 1. The van der Waals surface area contributed by atoms with Crippen LogP contribution in [0.15, 0.2) is 18.6 Å². The Morgan fingerprint density at radius 1 is 1.23 bits per heavy atom. The fraction of sp³-hybridized carbons (Fsp3) is 0.455. The van der Waals surface area contributed by atoms with Crippen LogP contribution >= 0.6 is 0 Å². The maximum atomic E-state index is 13.4. The van der Waals surface area contributed by atoms with Crippen molar-refractivity contribution in [2.75, 3.05) is 6.54 Å². The predicted molar refractivity (Wildman–Crippen MR) is 105 cm³/mol. The number of amides is 1. The minimum absolute atomic E-state index is 0.257. The van der Waals surface area contributed by atoms with Gasteiger partial charge in [-0.3, -0.25) is 9.78 Å². The lowest BCUT2D eigenvalue weighted by molar-refractivity contribution is -0.149. The number of carbonyl (C=O) groups is 1. The highest BCUT2D eigenvalue weighted by molar-refractivity contribution is 5.83. The standard InChI is InChI=1S/C22H22F2N4O2/c1-12-14(9-26-13(2)27-12)5-6-15-8-25-10-17-18-7-16(30-19(15)17)11-28(18)21(29)22(3,4)20(23)24/h8-10,16,18,20H,7,11H2,1-4H3/t16-,18-/m0/s1. The summed E-state index contributed by atoms with van der Waals surface area (Å²) in [7, 11) is 0. The molecule has 8 heteroatoms. The van der Waals surface area contributed by atoms with Gasteiger partial charge in [0, 0.05) is 30.6 Å². The molecule has 2 aliphatic heterocycles. The van der Waals surface area contributed by atoms with E-state index in [1.54, 1.807) is 18.6 Å². The van der Waals surface area contributed by atoms with Gasteiger partial charge < -0.3 is 9.64 Å². The fourth-order valence-electron chi connectivity index (χ4n) is 3.80. The van der Waals surface area contributed by atoms with Crippen LogP contribution < -0.4 is 4.74 Å². The van der Waals surface area contributed by atoms with Gasteiger partial charge in [0.1, 0.15) is 23.1 Å². The van der Waals surface area contributed by atoms with Crippen LogP contribution in [0.5, 0.6) is 5.75 Å². The van der Waals surface area contributed by atoms with Crippen molar-refractivity contribution in [1.82, 2.24) is 19.9 Å². The second kappa shape index (κ2) is 7.31. The molecule has 1 saturated heterocycles. The Balaban J connectivity index is 1.68. The first-order valence-corrected chi connectivity index (χ1v) is 9.74. The van der Waals surface area contributed by atoms with Gasteiger partial charge in [-0.1, -0.05) is 11.8 Å². The number of carbonyl (C=O) groups excluding carboxylic acids is 1. The molecule has 30 heavy (non-hydrogen) atoms. The molecule has 1 amide bonds. The van der Waals surface area contributed by atoms with E-state index in [0.717, 1.165) is 5.69 Å². The second-order valence-electron chi connectivity index (χ2n) is 8.24. The first kappa shape index (κ1) is 20.2. The molecule has 2 aromatic rings. The molecule has 0 aromatic carbocycles. The molecule has 0 aliphatic carbocycles. The van der Waals surface area contributed by atoms with E-state index in [-0.39, 0.29) is 18.7 Å². The highest BCUT2D eigenvalue weighted by atomic mass is 19.3. The number of hydrogen-bond acceptors (Lipinski definition) is 5. The third kappa shape index (κ3) is 3.38. The lowest BCUT2D eigenvalue weighted by Gasteiger charge is -2.32. The number of aryl methyl sites for hydroxylation is 2. The normalized spacial score (nSPS) is 19.8. The summed E-state index contributed by atoms with van der Waals surface area (Å²) in [5.74, 6) is 6.79. The Kier molecular flexibility index (Phi) is 4.92. The maximum absolute atomic E-state index is 13.4. The molecule has 2 aromatic heterocycles. The highest BCUT2D eigenvalue weighted by Crippen LogP contribution is 2.46. The molecule has 4 heterocycles. The Morgan fingerprint density at radius 3 is 2.67 bits per heavy atom. The molecule has 6 nitrogen and oxygen atoms in total. The molecule has 2 atom stereocenters. The van der Waals surface area contributed by atoms with Crippen LogP contribution in [-0.4, -0.2) is 44.8 Å². The van der Waals surface area contributed by atoms with E-state index in [4.69, 9.17) is 4.74 Å². The first-order valence-electron chi connectivity index (χ1n) is 9.74. The van der Waals surface area contributed by atoms with E-state index in [2.05, 4.69) is 26.8 Å². The van der Waals surface area contributed by atoms with Crippen LogP contribution in [0.3, 0.4) is 0 Å². The Bertz CT molecular complexity index is 1070. The third-order valence-electron chi connectivity index (χ3n) is 5.62. The van der Waals surface area contributed by atoms with Gasteiger partial charge in [-0.05, 0) is 27.7 Å². The number of alkyl halides is 2. The smallest absolute Gasteiger partial charge is 0.252 e. The van der Waals surface area contributed by atoms with Gasteiger partial charge in [0.2, 0.25) is 5.91 Å². The number of nitrogens with zero attached hydrogens (tertiary/aromatic N) is 4. The van der Waals surface area contributed by atoms with Gasteiger partial charge in [-0.25, -0.2) is 18.7 Å². The lowest BCUT2D eigenvalue weighted by Crippen LogP contribution is -2.44. The van der Waals surface area contributed by atoms with E-state index in [0.29, 0.717) is 34.7 Å².